The molecule has 118 valence electrons. The summed E-state index contributed by atoms with van der Waals surface area (Å²) < 4.78 is 10.3. The SMILES string of the molecule is COc1cc(C2=C(C=O)Cc3cc(OC)c(O)cc32)ccc1O. The molecule has 2 aromatic carbocycles. The Balaban J connectivity index is 2.19. The number of carbonyl (C=O) groups is 1. The molecule has 0 heterocycles. The van der Waals surface area contributed by atoms with E-state index in [9.17, 15) is 15.0 Å². The first-order valence-electron chi connectivity index (χ1n) is 7.05. The molecule has 3 rings (SSSR count). The van der Waals surface area contributed by atoms with Crippen LogP contribution in [0.25, 0.3) is 5.57 Å². The standard InChI is InChI=1S/C18H16O5/c1-22-16-6-10(3-4-14(16)20)18-12(9-19)5-11-7-17(23-2)15(21)8-13(11)18/h3-4,6-9,20-21H,5H2,1-2H3. The van der Waals surface area contributed by atoms with Gasteiger partial charge >= 0.3 is 0 Å². The molecule has 0 saturated carbocycles. The number of phenols is 2. The summed E-state index contributed by atoms with van der Waals surface area (Å²) in [7, 11) is 2.95. The molecule has 0 spiro atoms. The second-order valence-corrected chi connectivity index (χ2v) is 5.26. The van der Waals surface area contributed by atoms with E-state index in [-0.39, 0.29) is 11.5 Å². The molecule has 0 atom stereocenters. The summed E-state index contributed by atoms with van der Waals surface area (Å²) in [6, 6.07) is 8.24. The Bertz CT molecular complexity index is 820. The van der Waals surface area contributed by atoms with E-state index in [1.54, 1.807) is 24.3 Å². The van der Waals surface area contributed by atoms with E-state index in [1.807, 2.05) is 0 Å². The maximum absolute atomic E-state index is 11.5. The molecule has 0 aliphatic heterocycles. The molecule has 0 unspecified atom stereocenters. The lowest BCUT2D eigenvalue weighted by Crippen LogP contribution is -1.92. The van der Waals surface area contributed by atoms with E-state index in [0.29, 0.717) is 23.5 Å². The fourth-order valence-electron chi connectivity index (χ4n) is 2.89. The van der Waals surface area contributed by atoms with Gasteiger partial charge in [-0.05, 0) is 46.5 Å². The third-order valence-electron chi connectivity index (χ3n) is 3.99. The number of aromatic hydroxyl groups is 2. The molecule has 1 aliphatic carbocycles. The van der Waals surface area contributed by atoms with Gasteiger partial charge in [-0.15, -0.1) is 0 Å². The van der Waals surface area contributed by atoms with Gasteiger partial charge in [0.25, 0.3) is 0 Å². The topological polar surface area (TPSA) is 76.0 Å². The molecule has 0 amide bonds. The number of hydrogen-bond acceptors (Lipinski definition) is 5. The van der Waals surface area contributed by atoms with Gasteiger partial charge in [0.15, 0.2) is 23.0 Å². The third kappa shape index (κ3) is 2.40. The van der Waals surface area contributed by atoms with Gasteiger partial charge in [-0.3, -0.25) is 4.79 Å². The first-order valence-corrected chi connectivity index (χ1v) is 7.05. The second kappa shape index (κ2) is 5.68. The van der Waals surface area contributed by atoms with Crippen molar-refractivity contribution in [3.8, 4) is 23.0 Å². The fourth-order valence-corrected chi connectivity index (χ4v) is 2.89. The Morgan fingerprint density at radius 2 is 1.70 bits per heavy atom. The number of carbonyl (C=O) groups excluding carboxylic acids is 1. The molecule has 5 heteroatoms. The van der Waals surface area contributed by atoms with Crippen LogP contribution in [0, 0.1) is 0 Å². The minimum absolute atomic E-state index is 0.0154. The largest absolute Gasteiger partial charge is 0.504 e. The predicted octanol–water partition coefficient (Wildman–Crippen LogP) is 2.67. The quantitative estimate of drug-likeness (QED) is 0.849. The van der Waals surface area contributed by atoms with Crippen molar-refractivity contribution in [3.63, 3.8) is 0 Å². The van der Waals surface area contributed by atoms with Crippen LogP contribution in [-0.4, -0.2) is 30.7 Å². The minimum Gasteiger partial charge on any atom is -0.504 e. The Kier molecular flexibility index (Phi) is 3.70. The maximum Gasteiger partial charge on any atom is 0.161 e. The summed E-state index contributed by atoms with van der Waals surface area (Å²) in [4.78, 5) is 11.5. The van der Waals surface area contributed by atoms with Crippen LogP contribution in [0.1, 0.15) is 16.7 Å². The van der Waals surface area contributed by atoms with Crippen molar-refractivity contribution in [2.75, 3.05) is 14.2 Å². The molecule has 0 aromatic heterocycles. The Hall–Kier alpha value is -2.95. The summed E-state index contributed by atoms with van der Waals surface area (Å²) in [6.45, 7) is 0. The zero-order valence-corrected chi connectivity index (χ0v) is 12.8. The van der Waals surface area contributed by atoms with E-state index in [2.05, 4.69) is 0 Å². The lowest BCUT2D eigenvalue weighted by molar-refractivity contribution is -0.104. The molecule has 5 nitrogen and oxygen atoms in total. The van der Waals surface area contributed by atoms with Crippen molar-refractivity contribution in [3.05, 3.63) is 52.6 Å². The van der Waals surface area contributed by atoms with Crippen molar-refractivity contribution in [2.24, 2.45) is 0 Å². The Morgan fingerprint density at radius 1 is 1.00 bits per heavy atom. The summed E-state index contributed by atoms with van der Waals surface area (Å²) in [5.74, 6) is 0.743. The zero-order valence-electron chi connectivity index (χ0n) is 12.8. The van der Waals surface area contributed by atoms with Crippen LogP contribution in [0.15, 0.2) is 35.9 Å². The minimum atomic E-state index is 0.0154. The number of methoxy groups -OCH3 is 2. The highest BCUT2D eigenvalue weighted by molar-refractivity contribution is 5.99. The number of phenolic OH excluding ortho intramolecular Hbond substituents is 2. The summed E-state index contributed by atoms with van der Waals surface area (Å²) in [5, 5.41) is 19.8. The van der Waals surface area contributed by atoms with Gasteiger partial charge in [0.2, 0.25) is 0 Å². The van der Waals surface area contributed by atoms with Gasteiger partial charge < -0.3 is 19.7 Å². The normalized spacial score (nSPS) is 13.0. The fraction of sp³-hybridized carbons (Fsp3) is 0.167. The molecular weight excluding hydrogens is 296 g/mol. The molecular formula is C18H16O5. The summed E-state index contributed by atoms with van der Waals surface area (Å²) in [5.41, 5.74) is 3.76. The number of rotatable bonds is 4. The monoisotopic (exact) mass is 312 g/mol. The van der Waals surface area contributed by atoms with Crippen LogP contribution < -0.4 is 9.47 Å². The number of aldehydes is 1. The molecule has 0 bridgehead atoms. The lowest BCUT2D eigenvalue weighted by atomic mass is 9.97. The van der Waals surface area contributed by atoms with Gasteiger partial charge in [-0.1, -0.05) is 6.07 Å². The van der Waals surface area contributed by atoms with Crippen LogP contribution in [0.5, 0.6) is 23.0 Å². The second-order valence-electron chi connectivity index (χ2n) is 5.26. The molecule has 1 aliphatic rings. The van der Waals surface area contributed by atoms with E-state index in [1.165, 1.54) is 20.3 Å². The number of fused-ring (bicyclic) bond motifs is 1. The van der Waals surface area contributed by atoms with Gasteiger partial charge in [-0.2, -0.15) is 0 Å². The van der Waals surface area contributed by atoms with Crippen molar-refractivity contribution >= 4 is 11.9 Å². The van der Waals surface area contributed by atoms with Crippen LogP contribution in [0.2, 0.25) is 0 Å². The summed E-state index contributed by atoms with van der Waals surface area (Å²) >= 11 is 0. The van der Waals surface area contributed by atoms with Gasteiger partial charge in [-0.25, -0.2) is 0 Å². The van der Waals surface area contributed by atoms with Crippen molar-refractivity contribution in [1.82, 2.24) is 0 Å². The Labute approximate surface area is 133 Å². The molecule has 0 saturated heterocycles. The van der Waals surface area contributed by atoms with Gasteiger partial charge in [0, 0.05) is 12.0 Å². The molecule has 0 radical (unpaired) electrons. The van der Waals surface area contributed by atoms with Crippen LogP contribution in [-0.2, 0) is 11.2 Å². The van der Waals surface area contributed by atoms with Crippen molar-refractivity contribution in [1.29, 1.82) is 0 Å². The van der Waals surface area contributed by atoms with Crippen molar-refractivity contribution < 1.29 is 24.5 Å². The highest BCUT2D eigenvalue weighted by Gasteiger charge is 2.25. The van der Waals surface area contributed by atoms with E-state index < -0.39 is 0 Å². The highest BCUT2D eigenvalue weighted by atomic mass is 16.5. The first-order chi connectivity index (χ1) is 11.1. The molecule has 0 fully saturated rings. The van der Waals surface area contributed by atoms with E-state index >= 15 is 0 Å². The predicted molar refractivity (Wildman–Crippen MR) is 85.1 cm³/mol. The van der Waals surface area contributed by atoms with Gasteiger partial charge in [0.05, 0.1) is 14.2 Å². The molecule has 2 N–H and O–H groups in total. The first kappa shape index (κ1) is 15.0. The average molecular weight is 312 g/mol. The number of benzene rings is 2. The summed E-state index contributed by atoms with van der Waals surface area (Å²) in [6.07, 6.45) is 1.28. The van der Waals surface area contributed by atoms with Crippen LogP contribution >= 0.6 is 0 Å². The Morgan fingerprint density at radius 3 is 2.35 bits per heavy atom. The molecule has 2 aromatic rings. The maximum atomic E-state index is 11.5. The van der Waals surface area contributed by atoms with Crippen LogP contribution in [0.3, 0.4) is 0 Å². The van der Waals surface area contributed by atoms with E-state index in [0.717, 1.165) is 28.5 Å². The van der Waals surface area contributed by atoms with Crippen molar-refractivity contribution in [2.45, 2.75) is 6.42 Å². The lowest BCUT2D eigenvalue weighted by Gasteiger charge is -2.12. The molecule has 23 heavy (non-hydrogen) atoms. The smallest absolute Gasteiger partial charge is 0.161 e. The van der Waals surface area contributed by atoms with Gasteiger partial charge in [0.1, 0.15) is 6.29 Å². The zero-order chi connectivity index (χ0) is 16.6. The highest BCUT2D eigenvalue weighted by Crippen LogP contribution is 2.43. The third-order valence-corrected chi connectivity index (χ3v) is 3.99. The number of allylic oxidation sites excluding steroid dienone is 1. The average Bonchev–Trinajstić information content (AvgIpc) is 2.92. The number of ether oxygens (including phenoxy) is 2. The van der Waals surface area contributed by atoms with Crippen LogP contribution in [0.4, 0.5) is 0 Å². The van der Waals surface area contributed by atoms with E-state index in [4.69, 9.17) is 9.47 Å². The number of hydrogen-bond donors (Lipinski definition) is 2.